The second-order valence-electron chi connectivity index (χ2n) is 7.38. The van der Waals surface area contributed by atoms with Gasteiger partial charge in [0.1, 0.15) is 5.82 Å². The normalized spacial score (nSPS) is 12.4. The molecular weight excluding hydrogens is 352 g/mol. The van der Waals surface area contributed by atoms with Crippen LogP contribution in [-0.2, 0) is 4.79 Å². The highest BCUT2D eigenvalue weighted by atomic mass is 16.2. The Morgan fingerprint density at radius 2 is 1.82 bits per heavy atom. The molecule has 1 aromatic heterocycles. The summed E-state index contributed by atoms with van der Waals surface area (Å²) in [5.74, 6) is 0.439. The number of aromatic nitrogens is 2. The van der Waals surface area contributed by atoms with Crippen molar-refractivity contribution in [1.29, 1.82) is 0 Å². The fourth-order valence-electron chi connectivity index (χ4n) is 3.43. The number of nitrogens with one attached hydrogen (secondary N) is 2. The van der Waals surface area contributed by atoms with Gasteiger partial charge in [0.05, 0.1) is 23.5 Å². The highest BCUT2D eigenvalue weighted by molar-refractivity contribution is 5.93. The molecule has 0 aliphatic heterocycles. The third-order valence-electron chi connectivity index (χ3n) is 5.02. The van der Waals surface area contributed by atoms with Gasteiger partial charge < -0.3 is 10.3 Å². The van der Waals surface area contributed by atoms with Crippen LogP contribution in [0.4, 0.5) is 5.69 Å². The van der Waals surface area contributed by atoms with Crippen molar-refractivity contribution in [2.24, 2.45) is 0 Å². The van der Waals surface area contributed by atoms with Gasteiger partial charge in [0.2, 0.25) is 5.91 Å². The number of likely N-dealkylation sites (N-methyl/N-ethyl adjacent to an activating group) is 1. The van der Waals surface area contributed by atoms with Crippen molar-refractivity contribution < 1.29 is 4.79 Å². The number of rotatable bonds is 5. The first-order valence-corrected chi connectivity index (χ1v) is 9.33. The number of benzene rings is 2. The van der Waals surface area contributed by atoms with Crippen molar-refractivity contribution in [3.63, 3.8) is 0 Å². The average Bonchev–Trinajstić information content (AvgIpc) is 2.64. The SMILES string of the molecule is Cc1cc(C)c(NC(=O)CN(C)C(C)c2nc3ccccc3c(=O)[nH]2)c(C)c1. The van der Waals surface area contributed by atoms with Crippen molar-refractivity contribution in [2.75, 3.05) is 18.9 Å². The molecule has 1 unspecified atom stereocenters. The molecule has 6 heteroatoms. The molecular formula is C22H26N4O2. The molecule has 2 N–H and O–H groups in total. The number of aryl methyl sites for hydroxylation is 3. The molecule has 0 bridgehead atoms. The molecule has 3 rings (SSSR count). The quantitative estimate of drug-likeness (QED) is 0.712. The number of amides is 1. The molecule has 6 nitrogen and oxygen atoms in total. The van der Waals surface area contributed by atoms with E-state index in [-0.39, 0.29) is 24.1 Å². The van der Waals surface area contributed by atoms with Crippen LogP contribution in [0, 0.1) is 20.8 Å². The molecule has 0 saturated heterocycles. The molecule has 0 spiro atoms. The van der Waals surface area contributed by atoms with Crippen LogP contribution < -0.4 is 10.9 Å². The monoisotopic (exact) mass is 378 g/mol. The van der Waals surface area contributed by atoms with Gasteiger partial charge in [0, 0.05) is 5.69 Å². The van der Waals surface area contributed by atoms with E-state index >= 15 is 0 Å². The molecule has 1 heterocycles. The molecule has 146 valence electrons. The van der Waals surface area contributed by atoms with Crippen LogP contribution in [0.15, 0.2) is 41.2 Å². The minimum absolute atomic E-state index is 0.104. The zero-order valence-corrected chi connectivity index (χ0v) is 17.0. The topological polar surface area (TPSA) is 78.1 Å². The zero-order chi connectivity index (χ0) is 20.4. The summed E-state index contributed by atoms with van der Waals surface area (Å²) < 4.78 is 0. The van der Waals surface area contributed by atoms with Gasteiger partial charge in [-0.2, -0.15) is 0 Å². The van der Waals surface area contributed by atoms with E-state index in [2.05, 4.69) is 27.4 Å². The van der Waals surface area contributed by atoms with Gasteiger partial charge in [0.25, 0.3) is 5.56 Å². The van der Waals surface area contributed by atoms with Crippen molar-refractivity contribution in [3.05, 3.63) is 69.3 Å². The summed E-state index contributed by atoms with van der Waals surface area (Å²) in [5.41, 5.74) is 4.59. The second-order valence-corrected chi connectivity index (χ2v) is 7.38. The summed E-state index contributed by atoms with van der Waals surface area (Å²) in [6, 6.07) is 11.1. The lowest BCUT2D eigenvalue weighted by atomic mass is 10.1. The Morgan fingerprint density at radius 1 is 1.18 bits per heavy atom. The number of hydrogen-bond donors (Lipinski definition) is 2. The summed E-state index contributed by atoms with van der Waals surface area (Å²) in [6.45, 7) is 8.13. The van der Waals surface area contributed by atoms with Gasteiger partial charge in [-0.05, 0) is 58.0 Å². The second kappa shape index (κ2) is 7.94. The zero-order valence-electron chi connectivity index (χ0n) is 17.0. The van der Waals surface area contributed by atoms with E-state index in [1.807, 2.05) is 57.8 Å². The van der Waals surface area contributed by atoms with Gasteiger partial charge in [-0.15, -0.1) is 0 Å². The number of anilines is 1. The lowest BCUT2D eigenvalue weighted by molar-refractivity contribution is -0.117. The Balaban J connectivity index is 1.75. The van der Waals surface area contributed by atoms with Crippen molar-refractivity contribution in [3.8, 4) is 0 Å². The summed E-state index contributed by atoms with van der Waals surface area (Å²) in [5, 5.41) is 3.57. The maximum absolute atomic E-state index is 12.6. The Bertz CT molecular complexity index is 1060. The van der Waals surface area contributed by atoms with E-state index in [0.29, 0.717) is 16.7 Å². The lowest BCUT2D eigenvalue weighted by Crippen LogP contribution is -2.34. The largest absolute Gasteiger partial charge is 0.324 e. The first kappa shape index (κ1) is 19.8. The fourth-order valence-corrected chi connectivity index (χ4v) is 3.43. The number of aromatic amines is 1. The Hall–Kier alpha value is -2.99. The average molecular weight is 378 g/mol. The van der Waals surface area contributed by atoms with Crippen molar-refractivity contribution in [2.45, 2.75) is 33.7 Å². The number of nitrogens with zero attached hydrogens (tertiary/aromatic N) is 2. The Labute approximate surface area is 164 Å². The van der Waals surface area contributed by atoms with Gasteiger partial charge in [-0.1, -0.05) is 29.8 Å². The number of carbonyl (C=O) groups is 1. The maximum Gasteiger partial charge on any atom is 0.258 e. The van der Waals surface area contributed by atoms with Crippen LogP contribution in [0.25, 0.3) is 10.9 Å². The first-order chi connectivity index (χ1) is 13.3. The molecule has 0 aliphatic carbocycles. The first-order valence-electron chi connectivity index (χ1n) is 9.33. The van der Waals surface area contributed by atoms with Gasteiger partial charge in [-0.25, -0.2) is 4.98 Å². The smallest absolute Gasteiger partial charge is 0.258 e. The maximum atomic E-state index is 12.6. The molecule has 1 atom stereocenters. The van der Waals surface area contributed by atoms with Crippen molar-refractivity contribution >= 4 is 22.5 Å². The number of carbonyl (C=O) groups excluding carboxylic acids is 1. The standard InChI is InChI=1S/C22H26N4O2/c1-13-10-14(2)20(15(3)11-13)24-19(27)12-26(5)16(4)21-23-18-9-7-6-8-17(18)22(28)25-21/h6-11,16H,12H2,1-5H3,(H,24,27)(H,23,25,28). The molecule has 0 radical (unpaired) electrons. The molecule has 0 aliphatic rings. The molecule has 28 heavy (non-hydrogen) atoms. The molecule has 3 aromatic rings. The summed E-state index contributed by atoms with van der Waals surface area (Å²) in [4.78, 5) is 34.1. The number of H-pyrrole nitrogens is 1. The summed E-state index contributed by atoms with van der Waals surface area (Å²) in [6.07, 6.45) is 0. The number of hydrogen-bond acceptors (Lipinski definition) is 4. The van der Waals surface area contributed by atoms with Crippen molar-refractivity contribution in [1.82, 2.24) is 14.9 Å². The van der Waals surface area contributed by atoms with E-state index in [4.69, 9.17) is 0 Å². The van der Waals surface area contributed by atoms with Crippen LogP contribution in [0.5, 0.6) is 0 Å². The predicted molar refractivity (Wildman–Crippen MR) is 113 cm³/mol. The Morgan fingerprint density at radius 3 is 2.50 bits per heavy atom. The lowest BCUT2D eigenvalue weighted by Gasteiger charge is -2.24. The van der Waals surface area contributed by atoms with E-state index < -0.39 is 0 Å². The molecule has 2 aromatic carbocycles. The highest BCUT2D eigenvalue weighted by Gasteiger charge is 2.19. The van der Waals surface area contributed by atoms with Crippen LogP contribution >= 0.6 is 0 Å². The third kappa shape index (κ3) is 4.12. The number of para-hydroxylation sites is 1. The summed E-state index contributed by atoms with van der Waals surface area (Å²) in [7, 11) is 1.84. The number of fused-ring (bicyclic) bond motifs is 1. The van der Waals surface area contributed by atoms with E-state index in [1.54, 1.807) is 6.07 Å². The van der Waals surface area contributed by atoms with E-state index in [9.17, 15) is 9.59 Å². The van der Waals surface area contributed by atoms with E-state index in [1.165, 1.54) is 5.56 Å². The van der Waals surface area contributed by atoms with Gasteiger partial charge in [-0.3, -0.25) is 14.5 Å². The minimum Gasteiger partial charge on any atom is -0.324 e. The minimum atomic E-state index is -0.219. The molecule has 1 amide bonds. The fraction of sp³-hybridized carbons (Fsp3) is 0.318. The Kier molecular flexibility index (Phi) is 5.61. The third-order valence-corrected chi connectivity index (χ3v) is 5.02. The van der Waals surface area contributed by atoms with Crippen LogP contribution in [0.1, 0.15) is 35.5 Å². The molecule has 0 saturated carbocycles. The van der Waals surface area contributed by atoms with Gasteiger partial charge in [0.15, 0.2) is 0 Å². The summed E-state index contributed by atoms with van der Waals surface area (Å²) >= 11 is 0. The predicted octanol–water partition coefficient (Wildman–Crippen LogP) is 3.48. The van der Waals surface area contributed by atoms with Gasteiger partial charge >= 0.3 is 0 Å². The molecule has 0 fully saturated rings. The van der Waals surface area contributed by atoms with Crippen LogP contribution in [-0.4, -0.2) is 34.4 Å². The highest BCUT2D eigenvalue weighted by Crippen LogP contribution is 2.22. The van der Waals surface area contributed by atoms with E-state index in [0.717, 1.165) is 16.8 Å². The van der Waals surface area contributed by atoms with Crippen LogP contribution in [0.3, 0.4) is 0 Å². The van der Waals surface area contributed by atoms with Crippen LogP contribution in [0.2, 0.25) is 0 Å².